The molecule has 2 N–H and O–H groups in total. The molecule has 110 valence electrons. The van der Waals surface area contributed by atoms with Crippen LogP contribution in [-0.2, 0) is 13.1 Å². The van der Waals surface area contributed by atoms with Crippen molar-refractivity contribution in [2.75, 3.05) is 5.73 Å². The summed E-state index contributed by atoms with van der Waals surface area (Å²) < 4.78 is 0. The van der Waals surface area contributed by atoms with Crippen LogP contribution in [0.25, 0.3) is 0 Å². The average molecular weight is 321 g/mol. The van der Waals surface area contributed by atoms with E-state index in [9.17, 15) is 0 Å². The molecule has 1 saturated carbocycles. The van der Waals surface area contributed by atoms with Crippen LogP contribution in [0, 0.1) is 0 Å². The van der Waals surface area contributed by atoms with Crippen LogP contribution in [0.2, 0.25) is 10.0 Å². The predicted octanol–water partition coefficient (Wildman–Crippen LogP) is 4.74. The topological polar surface area (TPSA) is 29.3 Å². The maximum atomic E-state index is 6.29. The van der Waals surface area contributed by atoms with Crippen molar-refractivity contribution in [1.82, 2.24) is 4.90 Å². The fraction of sp³-hybridized carbons (Fsp3) is 0.294. The number of hydrogen-bond donors (Lipinski definition) is 1. The van der Waals surface area contributed by atoms with E-state index in [1.54, 1.807) is 0 Å². The van der Waals surface area contributed by atoms with E-state index in [4.69, 9.17) is 28.9 Å². The van der Waals surface area contributed by atoms with Gasteiger partial charge in [-0.25, -0.2) is 0 Å². The number of nitrogens with two attached hydrogens (primary N) is 1. The number of anilines is 1. The molecule has 0 bridgehead atoms. The molecule has 1 fully saturated rings. The largest absolute Gasteiger partial charge is 0.399 e. The molecule has 0 aromatic heterocycles. The van der Waals surface area contributed by atoms with Crippen molar-refractivity contribution in [3.05, 3.63) is 63.6 Å². The first-order chi connectivity index (χ1) is 10.1. The van der Waals surface area contributed by atoms with Gasteiger partial charge in [-0.15, -0.1) is 0 Å². The number of hydrogen-bond acceptors (Lipinski definition) is 2. The first-order valence-electron chi connectivity index (χ1n) is 7.15. The van der Waals surface area contributed by atoms with Gasteiger partial charge in [-0.3, -0.25) is 4.90 Å². The third kappa shape index (κ3) is 3.70. The molecule has 2 aromatic rings. The van der Waals surface area contributed by atoms with E-state index in [0.29, 0.717) is 6.04 Å². The summed E-state index contributed by atoms with van der Waals surface area (Å²) in [5, 5.41) is 1.48. The Hall–Kier alpha value is -1.22. The first-order valence-corrected chi connectivity index (χ1v) is 7.90. The lowest BCUT2D eigenvalue weighted by Gasteiger charge is -2.23. The van der Waals surface area contributed by atoms with Crippen molar-refractivity contribution in [2.24, 2.45) is 0 Å². The van der Waals surface area contributed by atoms with Gasteiger partial charge in [-0.2, -0.15) is 0 Å². The van der Waals surface area contributed by atoms with Gasteiger partial charge in [0.2, 0.25) is 0 Å². The second kappa shape index (κ2) is 6.27. The second-order valence-corrected chi connectivity index (χ2v) is 6.39. The molecule has 0 saturated heterocycles. The lowest BCUT2D eigenvalue weighted by atomic mass is 10.1. The van der Waals surface area contributed by atoms with Crippen molar-refractivity contribution < 1.29 is 0 Å². The number of halogens is 2. The smallest absolute Gasteiger partial charge is 0.0465 e. The normalized spacial score (nSPS) is 14.6. The highest BCUT2D eigenvalue weighted by Gasteiger charge is 2.29. The molecular formula is C17H18Cl2N2. The Balaban J connectivity index is 1.77. The molecule has 21 heavy (non-hydrogen) atoms. The van der Waals surface area contributed by atoms with Gasteiger partial charge in [0, 0.05) is 40.4 Å². The first kappa shape index (κ1) is 14.7. The summed E-state index contributed by atoms with van der Waals surface area (Å²) >= 11 is 12.6. The summed E-state index contributed by atoms with van der Waals surface area (Å²) in [6.07, 6.45) is 2.49. The Labute approximate surface area is 135 Å². The van der Waals surface area contributed by atoms with E-state index in [-0.39, 0.29) is 0 Å². The second-order valence-electron chi connectivity index (χ2n) is 5.58. The van der Waals surface area contributed by atoms with E-state index < -0.39 is 0 Å². The fourth-order valence-corrected chi connectivity index (χ4v) is 3.01. The van der Waals surface area contributed by atoms with Gasteiger partial charge >= 0.3 is 0 Å². The molecule has 1 aliphatic rings. The minimum absolute atomic E-state index is 0.634. The van der Waals surface area contributed by atoms with E-state index in [2.05, 4.69) is 17.0 Å². The summed E-state index contributed by atoms with van der Waals surface area (Å²) in [7, 11) is 0. The number of nitrogens with zero attached hydrogens (tertiary/aromatic N) is 1. The zero-order valence-electron chi connectivity index (χ0n) is 11.7. The fourth-order valence-electron chi connectivity index (χ4n) is 2.50. The van der Waals surface area contributed by atoms with Gasteiger partial charge in [0.1, 0.15) is 0 Å². The highest BCUT2D eigenvalue weighted by Crippen LogP contribution is 2.33. The van der Waals surface area contributed by atoms with E-state index in [0.717, 1.165) is 34.4 Å². The van der Waals surface area contributed by atoms with Crippen molar-refractivity contribution >= 4 is 28.9 Å². The minimum atomic E-state index is 0.634. The van der Waals surface area contributed by atoms with Gasteiger partial charge in [0.05, 0.1) is 0 Å². The van der Waals surface area contributed by atoms with Crippen molar-refractivity contribution in [3.63, 3.8) is 0 Å². The Kier molecular flexibility index (Phi) is 4.39. The van der Waals surface area contributed by atoms with Gasteiger partial charge in [0.25, 0.3) is 0 Å². The average Bonchev–Trinajstić information content (AvgIpc) is 3.28. The molecule has 4 heteroatoms. The third-order valence-electron chi connectivity index (χ3n) is 3.85. The maximum Gasteiger partial charge on any atom is 0.0465 e. The molecule has 0 atom stereocenters. The zero-order chi connectivity index (χ0) is 14.8. The Morgan fingerprint density at radius 3 is 2.14 bits per heavy atom. The van der Waals surface area contributed by atoms with Crippen LogP contribution in [-0.4, -0.2) is 10.9 Å². The summed E-state index contributed by atoms with van der Waals surface area (Å²) in [5.74, 6) is 0. The molecule has 0 radical (unpaired) electrons. The van der Waals surface area contributed by atoms with Crippen molar-refractivity contribution in [1.29, 1.82) is 0 Å². The van der Waals surface area contributed by atoms with Crippen LogP contribution < -0.4 is 5.73 Å². The van der Waals surface area contributed by atoms with Crippen molar-refractivity contribution in [2.45, 2.75) is 32.0 Å². The van der Waals surface area contributed by atoms with Crippen LogP contribution in [0.3, 0.4) is 0 Å². The van der Waals surface area contributed by atoms with Crippen LogP contribution in [0.15, 0.2) is 42.5 Å². The summed E-state index contributed by atoms with van der Waals surface area (Å²) in [5.41, 5.74) is 8.82. The van der Waals surface area contributed by atoms with Gasteiger partial charge in [-0.1, -0.05) is 41.4 Å². The molecule has 0 heterocycles. The molecule has 0 aliphatic heterocycles. The molecule has 0 unspecified atom stereocenters. The highest BCUT2D eigenvalue weighted by molar-refractivity contribution is 6.35. The maximum absolute atomic E-state index is 6.29. The van der Waals surface area contributed by atoms with Crippen LogP contribution in [0.1, 0.15) is 24.0 Å². The predicted molar refractivity (Wildman–Crippen MR) is 89.6 cm³/mol. The van der Waals surface area contributed by atoms with E-state index in [1.807, 2.05) is 30.3 Å². The Morgan fingerprint density at radius 1 is 0.952 bits per heavy atom. The molecule has 2 nitrogen and oxygen atoms in total. The summed E-state index contributed by atoms with van der Waals surface area (Å²) in [6, 6.07) is 14.4. The third-order valence-corrected chi connectivity index (χ3v) is 4.56. The number of rotatable bonds is 5. The molecule has 3 rings (SSSR count). The summed E-state index contributed by atoms with van der Waals surface area (Å²) in [6.45, 7) is 1.68. The molecular weight excluding hydrogens is 303 g/mol. The monoisotopic (exact) mass is 320 g/mol. The van der Waals surface area contributed by atoms with Crippen LogP contribution in [0.5, 0.6) is 0 Å². The Bertz CT molecular complexity index is 601. The molecule has 0 amide bonds. The SMILES string of the molecule is Nc1ccc(CN(Cc2c(Cl)cccc2Cl)C2CC2)cc1. The molecule has 1 aliphatic carbocycles. The lowest BCUT2D eigenvalue weighted by molar-refractivity contribution is 0.246. The van der Waals surface area contributed by atoms with Gasteiger partial charge < -0.3 is 5.73 Å². The summed E-state index contributed by atoms with van der Waals surface area (Å²) in [4.78, 5) is 2.44. The standard InChI is InChI=1S/C17H18Cl2N2/c18-16-2-1-3-17(19)15(16)11-21(14-8-9-14)10-12-4-6-13(20)7-5-12/h1-7,14H,8-11,20H2. The number of nitrogen functional groups attached to an aromatic ring is 1. The van der Waals surface area contributed by atoms with Gasteiger partial charge in [-0.05, 0) is 42.7 Å². The Morgan fingerprint density at radius 2 is 1.57 bits per heavy atom. The van der Waals surface area contributed by atoms with E-state index >= 15 is 0 Å². The van der Waals surface area contributed by atoms with E-state index in [1.165, 1.54) is 18.4 Å². The lowest BCUT2D eigenvalue weighted by Crippen LogP contribution is -2.25. The van der Waals surface area contributed by atoms with Gasteiger partial charge in [0.15, 0.2) is 0 Å². The van der Waals surface area contributed by atoms with Crippen molar-refractivity contribution in [3.8, 4) is 0 Å². The molecule has 2 aromatic carbocycles. The van der Waals surface area contributed by atoms with Crippen LogP contribution in [0.4, 0.5) is 5.69 Å². The minimum Gasteiger partial charge on any atom is -0.399 e. The molecule has 0 spiro atoms. The quantitative estimate of drug-likeness (QED) is 0.806. The zero-order valence-corrected chi connectivity index (χ0v) is 13.2. The highest BCUT2D eigenvalue weighted by atomic mass is 35.5. The number of benzene rings is 2. The van der Waals surface area contributed by atoms with Crippen LogP contribution >= 0.6 is 23.2 Å².